The molecule has 7 atom stereocenters. The molecule has 0 saturated carbocycles. The maximum atomic E-state index is 13.1. The van der Waals surface area contributed by atoms with Gasteiger partial charge >= 0.3 is 0 Å². The Morgan fingerprint density at radius 2 is 0.759 bits per heavy atom. The van der Waals surface area contributed by atoms with Gasteiger partial charge in [0.05, 0.1) is 25.4 Å². The molecule has 9 heteroatoms. The van der Waals surface area contributed by atoms with Crippen LogP contribution in [0.3, 0.4) is 0 Å². The summed E-state index contributed by atoms with van der Waals surface area (Å²) in [4.78, 5) is 13.1. The molecule has 6 N–H and O–H groups in total. The third kappa shape index (κ3) is 48.0. The molecule has 1 heterocycles. The molecule has 462 valence electrons. The second-order valence-corrected chi connectivity index (χ2v) is 23.6. The summed E-state index contributed by atoms with van der Waals surface area (Å²) in [5, 5.41) is 54.6. The number of nitrogens with one attached hydrogen (secondary N) is 1. The zero-order valence-corrected chi connectivity index (χ0v) is 51.6. The molecule has 1 aliphatic rings. The van der Waals surface area contributed by atoms with Gasteiger partial charge < -0.3 is 40.3 Å². The summed E-state index contributed by atoms with van der Waals surface area (Å²) < 4.78 is 11.3. The molecule has 1 aliphatic heterocycles. The third-order valence-electron chi connectivity index (χ3n) is 16.1. The summed E-state index contributed by atoms with van der Waals surface area (Å²) in [6.07, 6.45) is 74.8. The lowest BCUT2D eigenvalue weighted by molar-refractivity contribution is -0.302. The van der Waals surface area contributed by atoms with Crippen LogP contribution in [0.5, 0.6) is 0 Å². The van der Waals surface area contributed by atoms with Gasteiger partial charge in [0.1, 0.15) is 24.4 Å². The molecule has 7 unspecified atom stereocenters. The minimum atomic E-state index is -1.57. The van der Waals surface area contributed by atoms with Crippen LogP contribution in [0.2, 0.25) is 0 Å². The van der Waals surface area contributed by atoms with Crippen LogP contribution >= 0.6 is 0 Å². The van der Waals surface area contributed by atoms with Crippen LogP contribution in [0, 0.1) is 0 Å². The highest BCUT2D eigenvalue weighted by atomic mass is 16.7. The average molecular weight is 1110 g/mol. The fourth-order valence-corrected chi connectivity index (χ4v) is 10.7. The van der Waals surface area contributed by atoms with E-state index in [9.17, 15) is 30.3 Å². The first-order valence-corrected chi connectivity index (χ1v) is 34.0. The number of carbonyl (C=O) groups is 1. The molecule has 1 saturated heterocycles. The van der Waals surface area contributed by atoms with Crippen LogP contribution in [0.4, 0.5) is 0 Å². The van der Waals surface area contributed by atoms with E-state index in [-0.39, 0.29) is 12.5 Å². The first kappa shape index (κ1) is 74.9. The van der Waals surface area contributed by atoms with Gasteiger partial charge in [0.2, 0.25) is 5.91 Å². The topological polar surface area (TPSA) is 149 Å². The number of hydrogen-bond acceptors (Lipinski definition) is 8. The van der Waals surface area contributed by atoms with E-state index in [0.29, 0.717) is 6.42 Å². The summed E-state index contributed by atoms with van der Waals surface area (Å²) in [6.45, 7) is 3.78. The number of ether oxygens (including phenoxy) is 2. The van der Waals surface area contributed by atoms with Crippen LogP contribution in [0.15, 0.2) is 60.8 Å². The quantitative estimate of drug-likeness (QED) is 0.0261. The number of aliphatic hydroxyl groups excluding tert-OH is 5. The lowest BCUT2D eigenvalue weighted by Crippen LogP contribution is -2.60. The molecule has 0 spiro atoms. The lowest BCUT2D eigenvalue weighted by Gasteiger charge is -2.40. The first-order valence-electron chi connectivity index (χ1n) is 34.0. The highest BCUT2D eigenvalue weighted by Gasteiger charge is 2.44. The van der Waals surface area contributed by atoms with E-state index in [1.54, 1.807) is 6.08 Å². The summed E-state index contributed by atoms with van der Waals surface area (Å²) in [7, 11) is 0. The Hall–Kier alpha value is -2.11. The molecule has 1 fully saturated rings. The number of hydrogen-bond donors (Lipinski definition) is 6. The van der Waals surface area contributed by atoms with Crippen LogP contribution in [-0.4, -0.2) is 87.5 Å². The molecule has 1 rings (SSSR count). The summed E-state index contributed by atoms with van der Waals surface area (Å²) >= 11 is 0. The Morgan fingerprint density at radius 3 is 1.15 bits per heavy atom. The molecule has 0 aromatic rings. The van der Waals surface area contributed by atoms with Gasteiger partial charge in [-0.15, -0.1) is 0 Å². The normalized spacial score (nSPS) is 18.9. The van der Waals surface area contributed by atoms with Crippen LogP contribution < -0.4 is 5.32 Å². The Bertz CT molecular complexity index is 1430. The summed E-state index contributed by atoms with van der Waals surface area (Å²) in [6, 6.07) is -0.822. The van der Waals surface area contributed by atoms with Crippen molar-refractivity contribution in [3.05, 3.63) is 60.8 Å². The molecule has 0 radical (unpaired) electrons. The van der Waals surface area contributed by atoms with Crippen LogP contribution in [-0.2, 0) is 14.3 Å². The zero-order valence-electron chi connectivity index (χ0n) is 51.6. The predicted molar refractivity (Wildman–Crippen MR) is 336 cm³/mol. The van der Waals surface area contributed by atoms with Gasteiger partial charge in [-0.1, -0.05) is 306 Å². The van der Waals surface area contributed by atoms with Crippen molar-refractivity contribution in [3.8, 4) is 0 Å². The number of aliphatic hydroxyl groups is 5. The smallest absolute Gasteiger partial charge is 0.220 e. The first-order chi connectivity index (χ1) is 38.8. The van der Waals surface area contributed by atoms with Crippen molar-refractivity contribution >= 4 is 5.91 Å². The summed E-state index contributed by atoms with van der Waals surface area (Å²) in [5.41, 5.74) is 0. The largest absolute Gasteiger partial charge is 0.394 e. The van der Waals surface area contributed by atoms with Gasteiger partial charge in [0.15, 0.2) is 6.29 Å². The predicted octanol–water partition coefficient (Wildman–Crippen LogP) is 18.2. The van der Waals surface area contributed by atoms with Crippen molar-refractivity contribution in [1.82, 2.24) is 5.32 Å². The number of amides is 1. The lowest BCUT2D eigenvalue weighted by atomic mass is 9.99. The molecule has 9 nitrogen and oxygen atoms in total. The number of rotatable bonds is 59. The van der Waals surface area contributed by atoms with E-state index >= 15 is 0 Å². The second kappa shape index (κ2) is 59.1. The molecule has 0 aromatic carbocycles. The number of unbranched alkanes of at least 4 members (excludes halogenated alkanes) is 41. The van der Waals surface area contributed by atoms with E-state index in [1.165, 1.54) is 250 Å². The maximum Gasteiger partial charge on any atom is 0.220 e. The van der Waals surface area contributed by atoms with E-state index in [4.69, 9.17) is 9.47 Å². The monoisotopic (exact) mass is 1110 g/mol. The van der Waals surface area contributed by atoms with Crippen LogP contribution in [0.25, 0.3) is 0 Å². The SMILES string of the molecule is CCCCCCC/C=C\C/C=C\C/C=C\CCCCCCCCCCCCCCCCCCCCCCCCCCC(=O)NC(COC1OC(CO)C(O)C(O)C1O)C(O)/C=C/CC/C=C/CCCCCCCCCCCCC. The van der Waals surface area contributed by atoms with Gasteiger partial charge in [0, 0.05) is 6.42 Å². The Morgan fingerprint density at radius 1 is 0.430 bits per heavy atom. The standard InChI is InChI=1S/C70H129NO8/c1-3-5-7-9-11-13-15-17-19-21-22-23-24-25-26-27-28-29-30-31-32-33-34-35-36-37-38-39-40-41-42-44-46-48-50-52-54-56-58-60-66(74)71-63(62-78-70-69(77)68(76)67(75)65(61-72)79-70)64(73)59-57-55-53-51-49-47-45-43-20-18-16-14-12-10-8-6-4-2/h15,17,21-22,24-25,49,51,57,59,63-65,67-70,72-73,75-77H,3-14,16,18-20,23,26-48,50,52-56,58,60-62H2,1-2H3,(H,71,74)/b17-15-,22-21-,25-24-,51-49+,59-57+. The van der Waals surface area contributed by atoms with Crippen molar-refractivity contribution in [2.45, 2.75) is 365 Å². The van der Waals surface area contributed by atoms with E-state index < -0.39 is 49.5 Å². The zero-order chi connectivity index (χ0) is 57.2. The van der Waals surface area contributed by atoms with E-state index in [2.05, 4.69) is 67.8 Å². The third-order valence-corrected chi connectivity index (χ3v) is 16.1. The second-order valence-electron chi connectivity index (χ2n) is 23.6. The minimum Gasteiger partial charge on any atom is -0.394 e. The molecule has 0 aliphatic carbocycles. The minimum absolute atomic E-state index is 0.182. The molecule has 1 amide bonds. The van der Waals surface area contributed by atoms with Gasteiger partial charge in [-0.3, -0.25) is 4.79 Å². The number of carbonyl (C=O) groups excluding carboxylic acids is 1. The molecule has 0 bridgehead atoms. The van der Waals surface area contributed by atoms with Crippen LogP contribution in [0.1, 0.15) is 322 Å². The fraction of sp³-hybridized carbons (Fsp3) is 0.843. The van der Waals surface area contributed by atoms with Crippen molar-refractivity contribution in [3.63, 3.8) is 0 Å². The van der Waals surface area contributed by atoms with Gasteiger partial charge in [-0.2, -0.15) is 0 Å². The Balaban J connectivity index is 2.07. The molecular formula is C70H129NO8. The highest BCUT2D eigenvalue weighted by molar-refractivity contribution is 5.76. The highest BCUT2D eigenvalue weighted by Crippen LogP contribution is 2.23. The summed E-state index contributed by atoms with van der Waals surface area (Å²) in [5.74, 6) is -0.182. The van der Waals surface area contributed by atoms with Crippen molar-refractivity contribution in [2.75, 3.05) is 13.2 Å². The molecule has 79 heavy (non-hydrogen) atoms. The molecule has 0 aromatic heterocycles. The van der Waals surface area contributed by atoms with Crippen molar-refractivity contribution in [2.24, 2.45) is 0 Å². The maximum absolute atomic E-state index is 13.1. The van der Waals surface area contributed by atoms with Gasteiger partial charge in [-0.05, 0) is 70.6 Å². The van der Waals surface area contributed by atoms with Crippen molar-refractivity contribution < 1.29 is 39.8 Å². The Labute approximate surface area is 487 Å². The number of allylic oxidation sites excluding steroid dienone is 9. The Kier molecular flexibility index (Phi) is 56.0. The molecular weight excluding hydrogens is 983 g/mol. The van der Waals surface area contributed by atoms with Gasteiger partial charge in [-0.25, -0.2) is 0 Å². The van der Waals surface area contributed by atoms with Gasteiger partial charge in [0.25, 0.3) is 0 Å². The van der Waals surface area contributed by atoms with E-state index in [0.717, 1.165) is 51.4 Å². The van der Waals surface area contributed by atoms with Crippen molar-refractivity contribution in [1.29, 1.82) is 0 Å². The average Bonchev–Trinajstić information content (AvgIpc) is 3.48. The fourth-order valence-electron chi connectivity index (χ4n) is 10.7. The van der Waals surface area contributed by atoms with E-state index in [1.807, 2.05) is 6.08 Å².